The first kappa shape index (κ1) is 6.42. The maximum absolute atomic E-state index is 5.72. The van der Waals surface area contributed by atoms with Crippen molar-refractivity contribution in [3.8, 4) is 0 Å². The maximum atomic E-state index is 5.72. The average Bonchev–Trinajstić information content (AvgIpc) is 2.33. The Balaban J connectivity index is 2.87. The standard InChI is InChI=1S/C6H5ClN4/c7-4-1-2-5-9-10-6(8)11(5)3-4/h1-3H,(H2,8,10). The van der Waals surface area contributed by atoms with E-state index in [9.17, 15) is 0 Å². The van der Waals surface area contributed by atoms with Crippen molar-refractivity contribution >= 4 is 23.2 Å². The van der Waals surface area contributed by atoms with Crippen molar-refractivity contribution in [2.45, 2.75) is 0 Å². The van der Waals surface area contributed by atoms with Crippen LogP contribution in [0.3, 0.4) is 0 Å². The SMILES string of the molecule is Nc1nnc2ccc(Cl)cn12. The summed E-state index contributed by atoms with van der Waals surface area (Å²) in [7, 11) is 0. The van der Waals surface area contributed by atoms with Crippen molar-refractivity contribution in [1.29, 1.82) is 0 Å². The van der Waals surface area contributed by atoms with E-state index in [1.807, 2.05) is 0 Å². The zero-order valence-electron chi connectivity index (χ0n) is 5.53. The van der Waals surface area contributed by atoms with Crippen LogP contribution < -0.4 is 5.73 Å². The predicted molar refractivity (Wildman–Crippen MR) is 42.4 cm³/mol. The summed E-state index contributed by atoms with van der Waals surface area (Å²) < 4.78 is 1.63. The van der Waals surface area contributed by atoms with Crippen molar-refractivity contribution in [2.24, 2.45) is 0 Å². The molecule has 0 saturated carbocycles. The first-order chi connectivity index (χ1) is 5.27. The number of hydrogen-bond acceptors (Lipinski definition) is 3. The first-order valence-electron chi connectivity index (χ1n) is 3.03. The van der Waals surface area contributed by atoms with E-state index in [1.54, 1.807) is 22.7 Å². The van der Waals surface area contributed by atoms with Crippen LogP contribution in [0.1, 0.15) is 0 Å². The number of nitrogens with two attached hydrogens (primary N) is 1. The van der Waals surface area contributed by atoms with Crippen molar-refractivity contribution < 1.29 is 0 Å². The predicted octanol–water partition coefficient (Wildman–Crippen LogP) is 0.965. The molecule has 2 heterocycles. The molecule has 0 atom stereocenters. The van der Waals surface area contributed by atoms with Gasteiger partial charge < -0.3 is 5.73 Å². The molecule has 0 aliphatic carbocycles. The molecule has 0 aromatic carbocycles. The van der Waals surface area contributed by atoms with E-state index in [2.05, 4.69) is 10.2 Å². The number of rotatable bonds is 0. The fourth-order valence-electron chi connectivity index (χ4n) is 0.883. The minimum absolute atomic E-state index is 0.350. The van der Waals surface area contributed by atoms with E-state index in [0.29, 0.717) is 16.6 Å². The second-order valence-corrected chi connectivity index (χ2v) is 2.57. The van der Waals surface area contributed by atoms with Crippen molar-refractivity contribution in [3.63, 3.8) is 0 Å². The number of hydrogen-bond donors (Lipinski definition) is 1. The average molecular weight is 169 g/mol. The Morgan fingerprint density at radius 1 is 1.36 bits per heavy atom. The van der Waals surface area contributed by atoms with Crippen LogP contribution >= 0.6 is 11.6 Å². The van der Waals surface area contributed by atoms with Gasteiger partial charge in [0.15, 0.2) is 5.65 Å². The molecule has 2 N–H and O–H groups in total. The number of nitrogen functional groups attached to an aromatic ring is 1. The molecule has 0 unspecified atom stereocenters. The molecule has 0 saturated heterocycles. The molecule has 2 rings (SSSR count). The van der Waals surface area contributed by atoms with E-state index in [-0.39, 0.29) is 0 Å². The molecular formula is C6H5ClN4. The second-order valence-electron chi connectivity index (χ2n) is 2.13. The van der Waals surface area contributed by atoms with Gasteiger partial charge in [0.25, 0.3) is 0 Å². The van der Waals surface area contributed by atoms with Gasteiger partial charge >= 0.3 is 0 Å². The van der Waals surface area contributed by atoms with Crippen molar-refractivity contribution in [3.05, 3.63) is 23.4 Å². The third kappa shape index (κ3) is 0.914. The molecule has 5 heteroatoms. The molecule has 56 valence electrons. The van der Waals surface area contributed by atoms with Gasteiger partial charge in [-0.15, -0.1) is 10.2 Å². The summed E-state index contributed by atoms with van der Waals surface area (Å²) >= 11 is 5.72. The lowest BCUT2D eigenvalue weighted by Gasteiger charge is -1.92. The monoisotopic (exact) mass is 168 g/mol. The van der Waals surface area contributed by atoms with Crippen LogP contribution in [0.5, 0.6) is 0 Å². The fraction of sp³-hybridized carbons (Fsp3) is 0. The molecule has 0 aliphatic rings. The van der Waals surface area contributed by atoms with E-state index in [1.165, 1.54) is 0 Å². The number of fused-ring (bicyclic) bond motifs is 1. The quantitative estimate of drug-likeness (QED) is 0.638. The van der Waals surface area contributed by atoms with Crippen LogP contribution in [0.4, 0.5) is 5.95 Å². The number of nitrogens with zero attached hydrogens (tertiary/aromatic N) is 3. The van der Waals surface area contributed by atoms with E-state index < -0.39 is 0 Å². The van der Waals surface area contributed by atoms with Crippen LogP contribution in [0, 0.1) is 0 Å². The summed E-state index contributed by atoms with van der Waals surface area (Å²) in [6.07, 6.45) is 1.67. The summed E-state index contributed by atoms with van der Waals surface area (Å²) in [5.41, 5.74) is 6.18. The third-order valence-electron chi connectivity index (χ3n) is 1.39. The number of anilines is 1. The summed E-state index contributed by atoms with van der Waals surface area (Å²) in [6.45, 7) is 0. The Labute approximate surface area is 67.6 Å². The van der Waals surface area contributed by atoms with E-state index in [4.69, 9.17) is 17.3 Å². The Kier molecular flexibility index (Phi) is 1.22. The third-order valence-corrected chi connectivity index (χ3v) is 1.62. The molecule has 0 amide bonds. The van der Waals surface area contributed by atoms with Crippen LogP contribution in [0.15, 0.2) is 18.3 Å². The minimum atomic E-state index is 0.350. The maximum Gasteiger partial charge on any atom is 0.226 e. The zero-order valence-corrected chi connectivity index (χ0v) is 6.28. The normalized spacial score (nSPS) is 10.6. The second kappa shape index (κ2) is 2.10. The number of halogens is 1. The van der Waals surface area contributed by atoms with Gasteiger partial charge in [0.2, 0.25) is 5.95 Å². The molecule has 0 bridgehead atoms. The first-order valence-corrected chi connectivity index (χ1v) is 3.41. The highest BCUT2D eigenvalue weighted by Gasteiger charge is 1.99. The summed E-state index contributed by atoms with van der Waals surface area (Å²) in [5, 5.41) is 8.07. The lowest BCUT2D eigenvalue weighted by molar-refractivity contribution is 1.12. The topological polar surface area (TPSA) is 56.2 Å². The highest BCUT2D eigenvalue weighted by atomic mass is 35.5. The van der Waals surface area contributed by atoms with Crippen LogP contribution in [0.2, 0.25) is 5.02 Å². The molecule has 0 aliphatic heterocycles. The molecular weight excluding hydrogens is 164 g/mol. The van der Waals surface area contributed by atoms with Gasteiger partial charge in [-0.25, -0.2) is 0 Å². The van der Waals surface area contributed by atoms with Crippen molar-refractivity contribution in [2.75, 3.05) is 5.73 Å². The molecule has 0 radical (unpaired) electrons. The molecule has 0 fully saturated rings. The highest BCUT2D eigenvalue weighted by molar-refractivity contribution is 6.30. The minimum Gasteiger partial charge on any atom is -0.368 e. The van der Waals surface area contributed by atoms with Gasteiger partial charge in [0, 0.05) is 6.20 Å². The molecule has 4 nitrogen and oxygen atoms in total. The lowest BCUT2D eigenvalue weighted by atomic mass is 10.5. The van der Waals surface area contributed by atoms with E-state index in [0.717, 1.165) is 0 Å². The molecule has 2 aromatic rings. The smallest absolute Gasteiger partial charge is 0.226 e. The molecule has 11 heavy (non-hydrogen) atoms. The highest BCUT2D eigenvalue weighted by Crippen LogP contribution is 2.11. The molecule has 2 aromatic heterocycles. The van der Waals surface area contributed by atoms with E-state index >= 15 is 0 Å². The largest absolute Gasteiger partial charge is 0.368 e. The van der Waals surface area contributed by atoms with Crippen LogP contribution in [-0.2, 0) is 0 Å². The van der Waals surface area contributed by atoms with Crippen LogP contribution in [0.25, 0.3) is 5.65 Å². The van der Waals surface area contributed by atoms with Gasteiger partial charge in [0.05, 0.1) is 5.02 Å². The van der Waals surface area contributed by atoms with Crippen LogP contribution in [-0.4, -0.2) is 14.6 Å². The van der Waals surface area contributed by atoms with Crippen molar-refractivity contribution in [1.82, 2.24) is 14.6 Å². The Bertz CT molecular complexity index is 394. The Morgan fingerprint density at radius 2 is 2.18 bits per heavy atom. The van der Waals surface area contributed by atoms with Gasteiger partial charge in [-0.3, -0.25) is 4.40 Å². The number of aromatic nitrogens is 3. The summed E-state index contributed by atoms with van der Waals surface area (Å²) in [5.74, 6) is 0.350. The summed E-state index contributed by atoms with van der Waals surface area (Å²) in [6, 6.07) is 3.50. The fourth-order valence-corrected chi connectivity index (χ4v) is 1.04. The molecule has 0 spiro atoms. The summed E-state index contributed by atoms with van der Waals surface area (Å²) in [4.78, 5) is 0. The Morgan fingerprint density at radius 3 is 3.00 bits per heavy atom. The van der Waals surface area contributed by atoms with Gasteiger partial charge in [0.1, 0.15) is 0 Å². The van der Waals surface area contributed by atoms with Gasteiger partial charge in [-0.2, -0.15) is 0 Å². The number of pyridine rings is 1. The van der Waals surface area contributed by atoms with Gasteiger partial charge in [-0.05, 0) is 12.1 Å². The Hall–Kier alpha value is -1.29. The van der Waals surface area contributed by atoms with Gasteiger partial charge in [-0.1, -0.05) is 11.6 Å². The lowest BCUT2D eigenvalue weighted by Crippen LogP contribution is -1.92. The zero-order chi connectivity index (χ0) is 7.84.